The van der Waals surface area contributed by atoms with Crippen molar-refractivity contribution in [3.8, 4) is 5.75 Å². The van der Waals surface area contributed by atoms with Crippen LogP contribution in [-0.4, -0.2) is 42.4 Å². The van der Waals surface area contributed by atoms with Crippen molar-refractivity contribution in [2.45, 2.75) is 12.8 Å². The molecule has 7 heteroatoms. The van der Waals surface area contributed by atoms with Gasteiger partial charge in [-0.1, -0.05) is 0 Å². The molecular weight excluding hydrogens is 274 g/mol. The first kappa shape index (κ1) is 14.8. The van der Waals surface area contributed by atoms with E-state index in [2.05, 4.69) is 5.32 Å². The highest BCUT2D eigenvalue weighted by molar-refractivity contribution is 5.96. The van der Waals surface area contributed by atoms with Gasteiger partial charge in [0.2, 0.25) is 11.8 Å². The van der Waals surface area contributed by atoms with E-state index in [1.54, 1.807) is 24.3 Å². The van der Waals surface area contributed by atoms with Crippen LogP contribution in [0.25, 0.3) is 0 Å². The minimum absolute atomic E-state index is 0.162. The first-order valence-corrected chi connectivity index (χ1v) is 6.69. The summed E-state index contributed by atoms with van der Waals surface area (Å²) >= 11 is 0. The maximum atomic E-state index is 11.6. The molecule has 4 amide bonds. The molecule has 0 saturated carbocycles. The molecule has 0 spiro atoms. The first-order chi connectivity index (χ1) is 10.1. The number of primary amides is 1. The number of imide groups is 1. The van der Waals surface area contributed by atoms with Gasteiger partial charge in [-0.25, -0.2) is 4.79 Å². The number of rotatable bonds is 6. The van der Waals surface area contributed by atoms with E-state index in [4.69, 9.17) is 10.5 Å². The SMILES string of the molecule is NC(=O)c1ccc(OCCCN2C(=O)CCNC2=O)cc1. The van der Waals surface area contributed by atoms with Crippen molar-refractivity contribution < 1.29 is 19.1 Å². The van der Waals surface area contributed by atoms with Crippen molar-refractivity contribution in [3.63, 3.8) is 0 Å². The van der Waals surface area contributed by atoms with Gasteiger partial charge in [-0.15, -0.1) is 0 Å². The lowest BCUT2D eigenvalue weighted by atomic mass is 10.2. The number of amides is 4. The third-order valence-corrected chi connectivity index (χ3v) is 3.09. The minimum atomic E-state index is -0.490. The summed E-state index contributed by atoms with van der Waals surface area (Å²) in [5.74, 6) is -0.0462. The molecular formula is C14H17N3O4. The molecule has 1 aromatic carbocycles. The van der Waals surface area contributed by atoms with Gasteiger partial charge in [-0.2, -0.15) is 0 Å². The third kappa shape index (κ3) is 3.95. The molecule has 1 aliphatic rings. The molecule has 0 aromatic heterocycles. The lowest BCUT2D eigenvalue weighted by Crippen LogP contribution is -2.50. The van der Waals surface area contributed by atoms with E-state index in [1.165, 1.54) is 4.90 Å². The Morgan fingerprint density at radius 2 is 2.00 bits per heavy atom. The summed E-state index contributed by atoms with van der Waals surface area (Å²) in [4.78, 5) is 35.1. The minimum Gasteiger partial charge on any atom is -0.494 e. The Balaban J connectivity index is 1.75. The number of nitrogens with zero attached hydrogens (tertiary/aromatic N) is 1. The third-order valence-electron chi connectivity index (χ3n) is 3.09. The second-order valence-electron chi connectivity index (χ2n) is 4.62. The molecule has 3 N–H and O–H groups in total. The fourth-order valence-corrected chi connectivity index (χ4v) is 1.97. The van der Waals surface area contributed by atoms with Crippen molar-refractivity contribution >= 4 is 17.8 Å². The second-order valence-corrected chi connectivity index (χ2v) is 4.62. The van der Waals surface area contributed by atoms with Crippen LogP contribution < -0.4 is 15.8 Å². The second kappa shape index (κ2) is 6.74. The van der Waals surface area contributed by atoms with Gasteiger partial charge in [0, 0.05) is 25.1 Å². The summed E-state index contributed by atoms with van der Waals surface area (Å²) in [6.07, 6.45) is 0.873. The van der Waals surface area contributed by atoms with E-state index in [0.717, 1.165) is 0 Å². The smallest absolute Gasteiger partial charge is 0.324 e. The maximum Gasteiger partial charge on any atom is 0.324 e. The van der Waals surface area contributed by atoms with Gasteiger partial charge < -0.3 is 15.8 Å². The van der Waals surface area contributed by atoms with Crippen molar-refractivity contribution in [1.29, 1.82) is 0 Å². The first-order valence-electron chi connectivity index (χ1n) is 6.69. The molecule has 0 aliphatic carbocycles. The van der Waals surface area contributed by atoms with Gasteiger partial charge in [-0.05, 0) is 30.7 Å². The Hall–Kier alpha value is -2.57. The molecule has 2 rings (SSSR count). The quantitative estimate of drug-likeness (QED) is 0.745. The number of hydrogen-bond donors (Lipinski definition) is 2. The van der Waals surface area contributed by atoms with Crippen LogP contribution in [0.5, 0.6) is 5.75 Å². The van der Waals surface area contributed by atoms with E-state index in [1.807, 2.05) is 0 Å². The van der Waals surface area contributed by atoms with Crippen LogP contribution in [0.4, 0.5) is 4.79 Å². The Kier molecular flexibility index (Phi) is 4.76. The van der Waals surface area contributed by atoms with Gasteiger partial charge in [-0.3, -0.25) is 14.5 Å². The highest BCUT2D eigenvalue weighted by Gasteiger charge is 2.24. The van der Waals surface area contributed by atoms with E-state index in [0.29, 0.717) is 43.9 Å². The summed E-state index contributed by atoms with van der Waals surface area (Å²) in [6, 6.07) is 6.12. The predicted molar refractivity (Wildman–Crippen MR) is 74.8 cm³/mol. The highest BCUT2D eigenvalue weighted by Crippen LogP contribution is 2.12. The molecule has 0 atom stereocenters. The fourth-order valence-electron chi connectivity index (χ4n) is 1.97. The topological polar surface area (TPSA) is 102 Å². The molecule has 1 aromatic rings. The molecule has 112 valence electrons. The summed E-state index contributed by atoms with van der Waals surface area (Å²) in [7, 11) is 0. The van der Waals surface area contributed by atoms with Crippen molar-refractivity contribution in [2.24, 2.45) is 5.73 Å². The summed E-state index contributed by atoms with van der Waals surface area (Å²) in [5, 5.41) is 2.62. The van der Waals surface area contributed by atoms with Gasteiger partial charge in [0.15, 0.2) is 0 Å². The average Bonchev–Trinajstić information content (AvgIpc) is 2.46. The zero-order chi connectivity index (χ0) is 15.2. The number of benzene rings is 1. The van der Waals surface area contributed by atoms with Crippen LogP contribution in [0.1, 0.15) is 23.2 Å². The monoisotopic (exact) mass is 291 g/mol. The lowest BCUT2D eigenvalue weighted by Gasteiger charge is -2.25. The van der Waals surface area contributed by atoms with Crippen LogP contribution in [0.3, 0.4) is 0 Å². The average molecular weight is 291 g/mol. The van der Waals surface area contributed by atoms with Gasteiger partial charge >= 0.3 is 6.03 Å². The van der Waals surface area contributed by atoms with Gasteiger partial charge in [0.25, 0.3) is 0 Å². The Bertz CT molecular complexity index is 526. The molecule has 0 unspecified atom stereocenters. The summed E-state index contributed by atoms with van der Waals surface area (Å²) < 4.78 is 5.48. The molecule has 1 fully saturated rings. The van der Waals surface area contributed by atoms with Crippen molar-refractivity contribution in [3.05, 3.63) is 29.8 Å². The van der Waals surface area contributed by atoms with Crippen LogP contribution in [0.2, 0.25) is 0 Å². The van der Waals surface area contributed by atoms with E-state index >= 15 is 0 Å². The molecule has 0 radical (unpaired) electrons. The number of hydrogen-bond acceptors (Lipinski definition) is 4. The number of urea groups is 1. The van der Waals surface area contributed by atoms with Gasteiger partial charge in [0.1, 0.15) is 5.75 Å². The number of carbonyl (C=O) groups excluding carboxylic acids is 3. The van der Waals surface area contributed by atoms with E-state index in [9.17, 15) is 14.4 Å². The Morgan fingerprint density at radius 1 is 1.29 bits per heavy atom. The molecule has 1 heterocycles. The predicted octanol–water partition coefficient (Wildman–Crippen LogP) is 0.496. The van der Waals surface area contributed by atoms with Crippen LogP contribution in [0.15, 0.2) is 24.3 Å². The molecule has 1 aliphatic heterocycles. The standard InChI is InChI=1S/C14H17N3O4/c15-13(19)10-2-4-11(5-3-10)21-9-1-8-17-12(18)6-7-16-14(17)20/h2-5H,1,6-9H2,(H2,15,19)(H,16,20). The normalized spacial score (nSPS) is 14.8. The molecule has 1 saturated heterocycles. The number of nitrogens with one attached hydrogen (secondary N) is 1. The number of carbonyl (C=O) groups is 3. The van der Waals surface area contributed by atoms with E-state index < -0.39 is 5.91 Å². The van der Waals surface area contributed by atoms with Crippen LogP contribution in [0, 0.1) is 0 Å². The Labute approximate surface area is 122 Å². The lowest BCUT2D eigenvalue weighted by molar-refractivity contribution is -0.129. The van der Waals surface area contributed by atoms with Crippen molar-refractivity contribution in [2.75, 3.05) is 19.7 Å². The Morgan fingerprint density at radius 3 is 2.62 bits per heavy atom. The van der Waals surface area contributed by atoms with Crippen molar-refractivity contribution in [1.82, 2.24) is 10.2 Å². The molecule has 21 heavy (non-hydrogen) atoms. The number of ether oxygens (including phenoxy) is 1. The largest absolute Gasteiger partial charge is 0.494 e. The zero-order valence-electron chi connectivity index (χ0n) is 11.5. The fraction of sp³-hybridized carbons (Fsp3) is 0.357. The molecule has 7 nitrogen and oxygen atoms in total. The maximum absolute atomic E-state index is 11.6. The zero-order valence-corrected chi connectivity index (χ0v) is 11.5. The summed E-state index contributed by atoms with van der Waals surface area (Å²) in [6.45, 7) is 1.09. The number of nitrogens with two attached hydrogens (primary N) is 1. The highest BCUT2D eigenvalue weighted by atomic mass is 16.5. The summed E-state index contributed by atoms with van der Waals surface area (Å²) in [5.41, 5.74) is 5.55. The van der Waals surface area contributed by atoms with Gasteiger partial charge in [0.05, 0.1) is 6.61 Å². The van der Waals surface area contributed by atoms with Crippen LogP contribution in [-0.2, 0) is 4.79 Å². The van der Waals surface area contributed by atoms with E-state index in [-0.39, 0.29) is 11.9 Å². The molecule has 0 bridgehead atoms. The van der Waals surface area contributed by atoms with Crippen LogP contribution >= 0.6 is 0 Å².